The lowest BCUT2D eigenvalue weighted by molar-refractivity contribution is -0.120. The Morgan fingerprint density at radius 1 is 1.47 bits per heavy atom. The Morgan fingerprint density at radius 2 is 2.32 bits per heavy atom. The first-order valence-corrected chi connectivity index (χ1v) is 6.58. The van der Waals surface area contributed by atoms with Gasteiger partial charge in [0.15, 0.2) is 5.65 Å². The molecule has 1 fully saturated rings. The number of hydrogen-bond acceptors (Lipinski definition) is 4. The molecule has 1 aliphatic carbocycles. The van der Waals surface area contributed by atoms with E-state index in [1.54, 1.807) is 4.52 Å². The van der Waals surface area contributed by atoms with Crippen LogP contribution in [-0.4, -0.2) is 33.1 Å². The summed E-state index contributed by atoms with van der Waals surface area (Å²) in [6, 6.07) is 6.26. The van der Waals surface area contributed by atoms with Gasteiger partial charge in [-0.25, -0.2) is 4.52 Å². The summed E-state index contributed by atoms with van der Waals surface area (Å²) in [6.45, 7) is 2.53. The molecule has 1 amide bonds. The van der Waals surface area contributed by atoms with Crippen LogP contribution < -0.4 is 10.6 Å². The fraction of sp³-hybridized carbons (Fsp3) is 0.462. The molecular formula is C13H17N5O. The Hall–Kier alpha value is -2.11. The fourth-order valence-electron chi connectivity index (χ4n) is 1.93. The monoisotopic (exact) mass is 259 g/mol. The van der Waals surface area contributed by atoms with Gasteiger partial charge in [-0.15, -0.1) is 5.10 Å². The summed E-state index contributed by atoms with van der Waals surface area (Å²) < 4.78 is 1.78. The summed E-state index contributed by atoms with van der Waals surface area (Å²) in [6.07, 6.45) is 2.68. The van der Waals surface area contributed by atoms with Crippen molar-refractivity contribution in [1.82, 2.24) is 19.9 Å². The molecule has 2 heterocycles. The number of rotatable bonds is 5. The molecule has 0 saturated heterocycles. The molecule has 0 spiro atoms. The Balaban J connectivity index is 1.56. The van der Waals surface area contributed by atoms with Gasteiger partial charge in [0.25, 0.3) is 0 Å². The number of nitrogens with one attached hydrogen (secondary N) is 2. The Bertz CT molecular complexity index is 602. The SMILES string of the molecule is Cc1cccc2nc(NCCC(=O)NC3CC3)nn12. The van der Waals surface area contributed by atoms with Crippen LogP contribution in [0, 0.1) is 6.92 Å². The van der Waals surface area contributed by atoms with Crippen molar-refractivity contribution in [3.8, 4) is 0 Å². The maximum absolute atomic E-state index is 11.5. The van der Waals surface area contributed by atoms with Crippen LogP contribution >= 0.6 is 0 Å². The van der Waals surface area contributed by atoms with Gasteiger partial charge in [-0.2, -0.15) is 4.98 Å². The van der Waals surface area contributed by atoms with Crippen LogP contribution in [-0.2, 0) is 4.79 Å². The van der Waals surface area contributed by atoms with E-state index < -0.39 is 0 Å². The van der Waals surface area contributed by atoms with Crippen LogP contribution in [0.15, 0.2) is 18.2 Å². The zero-order chi connectivity index (χ0) is 13.2. The largest absolute Gasteiger partial charge is 0.353 e. The van der Waals surface area contributed by atoms with Gasteiger partial charge >= 0.3 is 0 Å². The number of pyridine rings is 1. The van der Waals surface area contributed by atoms with Crippen LogP contribution in [0.1, 0.15) is 25.0 Å². The number of amides is 1. The summed E-state index contributed by atoms with van der Waals surface area (Å²) in [7, 11) is 0. The highest BCUT2D eigenvalue weighted by atomic mass is 16.1. The second-order valence-electron chi connectivity index (χ2n) is 4.89. The van der Waals surface area contributed by atoms with Gasteiger partial charge in [0.2, 0.25) is 11.9 Å². The Labute approximate surface area is 111 Å². The lowest BCUT2D eigenvalue weighted by Crippen LogP contribution is -2.27. The third-order valence-corrected chi connectivity index (χ3v) is 3.13. The van der Waals surface area contributed by atoms with E-state index in [1.165, 1.54) is 0 Å². The van der Waals surface area contributed by atoms with Crippen LogP contribution in [0.2, 0.25) is 0 Å². The van der Waals surface area contributed by atoms with Crippen LogP contribution in [0.5, 0.6) is 0 Å². The molecule has 100 valence electrons. The van der Waals surface area contributed by atoms with E-state index in [9.17, 15) is 4.79 Å². The third-order valence-electron chi connectivity index (χ3n) is 3.13. The van der Waals surface area contributed by atoms with Gasteiger partial charge < -0.3 is 10.6 Å². The summed E-state index contributed by atoms with van der Waals surface area (Å²) in [4.78, 5) is 15.9. The van der Waals surface area contributed by atoms with E-state index in [-0.39, 0.29) is 5.91 Å². The van der Waals surface area contributed by atoms with Crippen molar-refractivity contribution >= 4 is 17.5 Å². The zero-order valence-corrected chi connectivity index (χ0v) is 10.9. The van der Waals surface area contributed by atoms with E-state index in [0.29, 0.717) is 25.0 Å². The molecule has 2 N–H and O–H groups in total. The van der Waals surface area contributed by atoms with Crippen molar-refractivity contribution in [2.24, 2.45) is 0 Å². The van der Waals surface area contributed by atoms with Crippen LogP contribution in [0.3, 0.4) is 0 Å². The molecule has 1 saturated carbocycles. The highest BCUT2D eigenvalue weighted by Crippen LogP contribution is 2.18. The van der Waals surface area contributed by atoms with Crippen LogP contribution in [0.25, 0.3) is 5.65 Å². The van der Waals surface area contributed by atoms with Crippen molar-refractivity contribution in [2.45, 2.75) is 32.2 Å². The third kappa shape index (κ3) is 2.83. The van der Waals surface area contributed by atoms with Gasteiger partial charge in [0.05, 0.1) is 0 Å². The first-order chi connectivity index (χ1) is 9.22. The predicted molar refractivity (Wildman–Crippen MR) is 72.0 cm³/mol. The number of carbonyl (C=O) groups excluding carboxylic acids is 1. The standard InChI is InChI=1S/C13H17N5O/c1-9-3-2-4-11-16-13(17-18(9)11)14-8-7-12(19)15-10-5-6-10/h2-4,10H,5-8H2,1H3,(H,14,17)(H,15,19). The predicted octanol–water partition coefficient (Wildman–Crippen LogP) is 1.12. The van der Waals surface area contributed by atoms with Gasteiger partial charge in [0, 0.05) is 24.7 Å². The molecule has 19 heavy (non-hydrogen) atoms. The van der Waals surface area contributed by atoms with Crippen molar-refractivity contribution in [2.75, 3.05) is 11.9 Å². The number of hydrogen-bond donors (Lipinski definition) is 2. The first kappa shape index (κ1) is 12.0. The summed E-state index contributed by atoms with van der Waals surface area (Å²) in [5.41, 5.74) is 1.84. The quantitative estimate of drug-likeness (QED) is 0.844. The van der Waals surface area contributed by atoms with Gasteiger partial charge in [-0.05, 0) is 31.9 Å². The Kier molecular flexibility index (Phi) is 3.06. The number of anilines is 1. The highest BCUT2D eigenvalue weighted by Gasteiger charge is 2.22. The molecule has 0 bridgehead atoms. The highest BCUT2D eigenvalue weighted by molar-refractivity contribution is 5.77. The number of nitrogens with zero attached hydrogens (tertiary/aromatic N) is 3. The van der Waals surface area contributed by atoms with Gasteiger partial charge in [-0.1, -0.05) is 6.07 Å². The molecule has 6 heteroatoms. The summed E-state index contributed by atoms with van der Waals surface area (Å²) >= 11 is 0. The van der Waals surface area contributed by atoms with E-state index in [4.69, 9.17) is 0 Å². The van der Waals surface area contributed by atoms with Gasteiger partial charge in [-0.3, -0.25) is 4.79 Å². The molecule has 1 aliphatic rings. The molecule has 2 aromatic rings. The molecule has 6 nitrogen and oxygen atoms in total. The number of fused-ring (bicyclic) bond motifs is 1. The molecule has 0 atom stereocenters. The van der Waals surface area contributed by atoms with E-state index in [0.717, 1.165) is 24.2 Å². The number of carbonyl (C=O) groups is 1. The van der Waals surface area contributed by atoms with E-state index in [1.807, 2.05) is 25.1 Å². The fourth-order valence-corrected chi connectivity index (χ4v) is 1.93. The van der Waals surface area contributed by atoms with Crippen molar-refractivity contribution in [3.05, 3.63) is 23.9 Å². The molecule has 3 rings (SSSR count). The maximum atomic E-state index is 11.5. The maximum Gasteiger partial charge on any atom is 0.243 e. The second-order valence-corrected chi connectivity index (χ2v) is 4.89. The normalized spacial score (nSPS) is 14.6. The second kappa shape index (κ2) is 4.87. The number of aryl methyl sites for hydroxylation is 1. The average Bonchev–Trinajstić information content (AvgIpc) is 3.07. The molecule has 0 radical (unpaired) electrons. The number of aromatic nitrogens is 3. The molecule has 0 unspecified atom stereocenters. The molecule has 0 aromatic carbocycles. The van der Waals surface area contributed by atoms with Crippen LogP contribution in [0.4, 0.5) is 5.95 Å². The summed E-state index contributed by atoms with van der Waals surface area (Å²) in [5, 5.41) is 10.4. The molecule has 0 aliphatic heterocycles. The first-order valence-electron chi connectivity index (χ1n) is 6.58. The topological polar surface area (TPSA) is 71.3 Å². The zero-order valence-electron chi connectivity index (χ0n) is 10.9. The smallest absolute Gasteiger partial charge is 0.243 e. The van der Waals surface area contributed by atoms with E-state index >= 15 is 0 Å². The minimum atomic E-state index is 0.0925. The van der Waals surface area contributed by atoms with Crippen molar-refractivity contribution < 1.29 is 4.79 Å². The average molecular weight is 259 g/mol. The molecular weight excluding hydrogens is 242 g/mol. The van der Waals surface area contributed by atoms with Gasteiger partial charge in [0.1, 0.15) is 0 Å². The lowest BCUT2D eigenvalue weighted by Gasteiger charge is -2.03. The summed E-state index contributed by atoms with van der Waals surface area (Å²) in [5.74, 6) is 0.656. The van der Waals surface area contributed by atoms with Crippen molar-refractivity contribution in [3.63, 3.8) is 0 Å². The van der Waals surface area contributed by atoms with Crippen molar-refractivity contribution in [1.29, 1.82) is 0 Å². The minimum Gasteiger partial charge on any atom is -0.353 e. The lowest BCUT2D eigenvalue weighted by atomic mass is 10.4. The Morgan fingerprint density at radius 3 is 3.05 bits per heavy atom. The molecule has 2 aromatic heterocycles. The minimum absolute atomic E-state index is 0.0925. The van der Waals surface area contributed by atoms with E-state index in [2.05, 4.69) is 20.7 Å².